The molecule has 0 radical (unpaired) electrons. The zero-order valence-electron chi connectivity index (χ0n) is 9.84. The first kappa shape index (κ1) is 20.1. The van der Waals surface area contributed by atoms with Gasteiger partial charge in [0.05, 0.1) is 13.7 Å². The van der Waals surface area contributed by atoms with Crippen molar-refractivity contribution >= 4 is 18.0 Å². The lowest BCUT2D eigenvalue weighted by Gasteiger charge is -1.89. The van der Waals surface area contributed by atoms with Gasteiger partial charge in [-0.2, -0.15) is 0 Å². The Kier molecular flexibility index (Phi) is 19.1. The minimum Gasteiger partial charge on any atom is -0.478 e. The van der Waals surface area contributed by atoms with Crippen molar-refractivity contribution in [3.63, 3.8) is 0 Å². The second-order valence-electron chi connectivity index (χ2n) is 2.02. The van der Waals surface area contributed by atoms with Crippen LogP contribution < -0.4 is 5.73 Å². The fraction of sp³-hybridized carbons (Fsp3) is 0.300. The molecule has 0 saturated heterocycles. The number of nitrogens with two attached hydrogens (primary N) is 1. The molecule has 0 rings (SSSR count). The van der Waals surface area contributed by atoms with E-state index in [2.05, 4.69) is 28.4 Å². The monoisotopic (exact) mass is 247 g/mol. The van der Waals surface area contributed by atoms with Crippen molar-refractivity contribution in [3.8, 4) is 0 Å². The van der Waals surface area contributed by atoms with Crippen LogP contribution in [-0.2, 0) is 19.1 Å². The molecule has 7 nitrogen and oxygen atoms in total. The number of ether oxygens (including phenoxy) is 2. The average Bonchev–Trinajstić information content (AvgIpc) is 2.29. The van der Waals surface area contributed by atoms with Gasteiger partial charge < -0.3 is 20.3 Å². The highest BCUT2D eigenvalue weighted by Gasteiger charge is 1.82. The van der Waals surface area contributed by atoms with E-state index >= 15 is 0 Å². The van der Waals surface area contributed by atoms with E-state index in [1.165, 1.54) is 7.11 Å². The molecule has 0 bridgehead atoms. The smallest absolute Gasteiger partial charge is 0.404 e. The SMILES string of the molecule is C=CC(=O)O.C=CC(=O)OC.CCOC(N)=O. The predicted molar refractivity (Wildman–Crippen MR) is 61.3 cm³/mol. The lowest BCUT2D eigenvalue weighted by Crippen LogP contribution is -2.11. The third-order valence-electron chi connectivity index (χ3n) is 0.829. The van der Waals surface area contributed by atoms with E-state index in [0.717, 1.165) is 12.2 Å². The van der Waals surface area contributed by atoms with Crippen molar-refractivity contribution in [1.82, 2.24) is 0 Å². The summed E-state index contributed by atoms with van der Waals surface area (Å²) in [4.78, 5) is 28.7. The van der Waals surface area contributed by atoms with Crippen LogP contribution in [0.1, 0.15) is 6.92 Å². The van der Waals surface area contributed by atoms with Crippen LogP contribution in [0.25, 0.3) is 0 Å². The van der Waals surface area contributed by atoms with E-state index < -0.39 is 18.0 Å². The number of methoxy groups -OCH3 is 1. The van der Waals surface area contributed by atoms with Gasteiger partial charge in [-0.1, -0.05) is 13.2 Å². The van der Waals surface area contributed by atoms with Gasteiger partial charge in [0.25, 0.3) is 0 Å². The Labute approximate surface area is 99.5 Å². The number of carbonyl (C=O) groups excluding carboxylic acids is 2. The number of carboxylic acids is 1. The van der Waals surface area contributed by atoms with Gasteiger partial charge in [0.15, 0.2) is 0 Å². The van der Waals surface area contributed by atoms with Gasteiger partial charge in [0, 0.05) is 12.2 Å². The summed E-state index contributed by atoms with van der Waals surface area (Å²) in [5, 5.41) is 7.60. The van der Waals surface area contributed by atoms with E-state index in [9.17, 15) is 14.4 Å². The molecule has 1 amide bonds. The molecule has 0 aliphatic heterocycles. The molecule has 0 aromatic carbocycles. The summed E-state index contributed by atoms with van der Waals surface area (Å²) in [5.74, 6) is -1.37. The summed E-state index contributed by atoms with van der Waals surface area (Å²) in [7, 11) is 1.31. The Morgan fingerprint density at radius 3 is 1.71 bits per heavy atom. The van der Waals surface area contributed by atoms with Crippen LogP contribution in [0.15, 0.2) is 25.3 Å². The van der Waals surface area contributed by atoms with Gasteiger partial charge in [0.2, 0.25) is 0 Å². The van der Waals surface area contributed by atoms with Gasteiger partial charge in [-0.25, -0.2) is 14.4 Å². The van der Waals surface area contributed by atoms with Crippen molar-refractivity contribution in [2.24, 2.45) is 5.73 Å². The Morgan fingerprint density at radius 1 is 1.29 bits per heavy atom. The second kappa shape index (κ2) is 16.1. The molecule has 0 aromatic heterocycles. The molecule has 0 aromatic rings. The highest BCUT2D eigenvalue weighted by atomic mass is 16.5. The average molecular weight is 247 g/mol. The number of carboxylic acid groups (broad SMARTS) is 1. The second-order valence-corrected chi connectivity index (χ2v) is 2.02. The molecule has 0 atom stereocenters. The normalized spacial score (nSPS) is 6.94. The van der Waals surface area contributed by atoms with Gasteiger partial charge in [-0.3, -0.25) is 0 Å². The number of rotatable bonds is 3. The van der Waals surface area contributed by atoms with Crippen molar-refractivity contribution in [3.05, 3.63) is 25.3 Å². The molecule has 0 aliphatic rings. The zero-order valence-corrected chi connectivity index (χ0v) is 9.84. The largest absolute Gasteiger partial charge is 0.478 e. The first-order valence-electron chi connectivity index (χ1n) is 4.33. The Morgan fingerprint density at radius 2 is 1.71 bits per heavy atom. The first-order chi connectivity index (χ1) is 7.85. The van der Waals surface area contributed by atoms with Crippen molar-refractivity contribution in [2.75, 3.05) is 13.7 Å². The van der Waals surface area contributed by atoms with Crippen LogP contribution in [0.5, 0.6) is 0 Å². The van der Waals surface area contributed by atoms with Crippen molar-refractivity contribution in [1.29, 1.82) is 0 Å². The Balaban J connectivity index is -0.000000174. The van der Waals surface area contributed by atoms with Crippen LogP contribution >= 0.6 is 0 Å². The van der Waals surface area contributed by atoms with E-state index in [4.69, 9.17) is 5.11 Å². The number of aliphatic carboxylic acids is 1. The van der Waals surface area contributed by atoms with Crippen LogP contribution in [0.3, 0.4) is 0 Å². The van der Waals surface area contributed by atoms with E-state index in [0.29, 0.717) is 6.61 Å². The molecule has 0 heterocycles. The molecule has 0 unspecified atom stereocenters. The lowest BCUT2D eigenvalue weighted by atomic mass is 10.7. The minimum atomic E-state index is -0.981. The third-order valence-corrected chi connectivity index (χ3v) is 0.829. The Hall–Kier alpha value is -2.31. The standard InChI is InChI=1S/C4H6O2.C3H7NO2.C3H4O2/c1-3-4(5)6-2;1-2-6-3(4)5;1-2-3(4)5/h3H,1H2,2H3;2H2,1H3,(H2,4,5);2H,1H2,(H,4,5). The summed E-state index contributed by atoms with van der Waals surface area (Å²) in [5.41, 5.74) is 4.54. The van der Waals surface area contributed by atoms with Crippen LogP contribution in [0.4, 0.5) is 4.79 Å². The summed E-state index contributed by atoms with van der Waals surface area (Å²) in [6.07, 6.45) is 1.23. The first-order valence-corrected chi connectivity index (χ1v) is 4.33. The molecule has 3 N–H and O–H groups in total. The van der Waals surface area contributed by atoms with Gasteiger partial charge in [-0.15, -0.1) is 0 Å². The van der Waals surface area contributed by atoms with E-state index in [-0.39, 0.29) is 0 Å². The molecule has 0 fully saturated rings. The van der Waals surface area contributed by atoms with Crippen molar-refractivity contribution < 1.29 is 29.0 Å². The van der Waals surface area contributed by atoms with Crippen molar-refractivity contribution in [2.45, 2.75) is 6.92 Å². The summed E-state index contributed by atoms with van der Waals surface area (Å²) < 4.78 is 8.32. The minimum absolute atomic E-state index is 0.356. The van der Waals surface area contributed by atoms with Gasteiger partial charge in [-0.05, 0) is 6.92 Å². The molecule has 17 heavy (non-hydrogen) atoms. The Bertz CT molecular complexity index is 262. The lowest BCUT2D eigenvalue weighted by molar-refractivity contribution is -0.135. The van der Waals surface area contributed by atoms with Gasteiger partial charge in [0.1, 0.15) is 0 Å². The summed E-state index contributed by atoms with van der Waals surface area (Å²) in [6, 6.07) is 0. The maximum Gasteiger partial charge on any atom is 0.404 e. The van der Waals surface area contributed by atoms with Crippen LogP contribution in [-0.4, -0.2) is 36.9 Å². The third kappa shape index (κ3) is 41.8. The van der Waals surface area contributed by atoms with E-state index in [1.807, 2.05) is 0 Å². The molecule has 7 heteroatoms. The topological polar surface area (TPSA) is 116 Å². The molecule has 0 saturated carbocycles. The van der Waals surface area contributed by atoms with Crippen LogP contribution in [0, 0.1) is 0 Å². The fourth-order valence-electron chi connectivity index (χ4n) is 0.226. The van der Waals surface area contributed by atoms with E-state index in [1.54, 1.807) is 6.92 Å². The molecule has 98 valence electrons. The highest BCUT2D eigenvalue weighted by molar-refractivity contribution is 5.80. The predicted octanol–water partition coefficient (Wildman–Crippen LogP) is 0.704. The highest BCUT2D eigenvalue weighted by Crippen LogP contribution is 1.67. The number of carbonyl (C=O) groups is 3. The van der Waals surface area contributed by atoms with Gasteiger partial charge >= 0.3 is 18.0 Å². The molecular weight excluding hydrogens is 230 g/mol. The zero-order chi connectivity index (χ0) is 14.3. The molecular formula is C10H17NO6. The molecule has 0 spiro atoms. The number of esters is 1. The number of primary amides is 1. The fourth-order valence-corrected chi connectivity index (χ4v) is 0.226. The maximum absolute atomic E-state index is 9.84. The number of amides is 1. The molecule has 0 aliphatic carbocycles. The summed E-state index contributed by atoms with van der Waals surface area (Å²) in [6.45, 7) is 8.17. The number of hydrogen-bond acceptors (Lipinski definition) is 5. The quantitative estimate of drug-likeness (QED) is 0.560. The number of hydrogen-bond donors (Lipinski definition) is 2. The maximum atomic E-state index is 9.84. The summed E-state index contributed by atoms with van der Waals surface area (Å²) >= 11 is 0. The van der Waals surface area contributed by atoms with Crippen LogP contribution in [0.2, 0.25) is 0 Å².